The molecule has 0 amide bonds. The van der Waals surface area contributed by atoms with Crippen molar-refractivity contribution in [3.63, 3.8) is 0 Å². The number of fused-ring (bicyclic) bond motifs is 12. The Morgan fingerprint density at radius 3 is 1.00 bits per heavy atom. The summed E-state index contributed by atoms with van der Waals surface area (Å²) in [5.41, 5.74) is 12.2. The van der Waals surface area contributed by atoms with E-state index in [1.54, 1.807) is 0 Å². The summed E-state index contributed by atoms with van der Waals surface area (Å²) >= 11 is 3.68. The van der Waals surface area contributed by atoms with Gasteiger partial charge in [-0.05, 0) is 106 Å². The standard InChI is InChI=1S/C33H22O.C20H13Br.C13H8O/c34-33(30-18-8-5-15-26(30)27-16-6-9-19-31(27)33)32-20-10-7-17-28(32)29-21-22-11-1-2-12-23(22)24-13-3-4-14-25(24)29;21-20-12-6-5-11-18(20)19-13-14-7-1-2-8-15(14)16-9-3-4-10-17(16)19;14-13-11-7-3-1-5-9(11)10-6-2-4-8-12(10)13/h1-21,34H;1-13H;1-8H. The summed E-state index contributed by atoms with van der Waals surface area (Å²) in [5, 5.41) is 22.6. The molecule has 0 unspecified atom stereocenters. The van der Waals surface area contributed by atoms with E-state index in [9.17, 15) is 9.90 Å². The Labute approximate surface area is 409 Å². The first-order chi connectivity index (χ1) is 34.0. The average molecular weight is 948 g/mol. The maximum absolute atomic E-state index is 12.6. The van der Waals surface area contributed by atoms with Gasteiger partial charge in [-0.15, -0.1) is 0 Å². The van der Waals surface area contributed by atoms with Crippen molar-refractivity contribution in [3.05, 3.63) is 287 Å². The van der Waals surface area contributed by atoms with Gasteiger partial charge in [-0.25, -0.2) is 0 Å². The van der Waals surface area contributed by atoms with Crippen molar-refractivity contribution in [2.75, 3.05) is 0 Å². The molecule has 0 bridgehead atoms. The SMILES string of the molecule is Brc1ccccc1-c1cc2ccccc2c2ccccc12.O=C1c2ccccc2-c2ccccc21.OC1(c2ccccc2-c2cc3ccccc3c3ccccc23)c2ccccc2-c2ccccc21. The zero-order valence-corrected chi connectivity index (χ0v) is 39.1. The summed E-state index contributed by atoms with van der Waals surface area (Å²) in [4.78, 5) is 11.9. The minimum Gasteiger partial charge on any atom is -0.376 e. The van der Waals surface area contributed by atoms with Gasteiger partial charge in [-0.2, -0.15) is 0 Å². The van der Waals surface area contributed by atoms with Crippen LogP contribution in [0.25, 0.3) is 87.6 Å². The summed E-state index contributed by atoms with van der Waals surface area (Å²) in [6.07, 6.45) is 0. The van der Waals surface area contributed by atoms with Gasteiger partial charge in [0.2, 0.25) is 0 Å². The number of ketones is 1. The van der Waals surface area contributed by atoms with Crippen LogP contribution in [0.1, 0.15) is 32.6 Å². The Kier molecular flexibility index (Phi) is 10.7. The zero-order chi connectivity index (χ0) is 46.5. The van der Waals surface area contributed by atoms with Crippen LogP contribution in [0, 0.1) is 0 Å². The lowest BCUT2D eigenvalue weighted by Crippen LogP contribution is -2.27. The molecule has 0 heterocycles. The van der Waals surface area contributed by atoms with Crippen molar-refractivity contribution >= 4 is 64.8 Å². The molecule has 2 nitrogen and oxygen atoms in total. The van der Waals surface area contributed by atoms with Gasteiger partial charge in [-0.3, -0.25) is 4.79 Å². The van der Waals surface area contributed by atoms with Crippen LogP contribution in [0.5, 0.6) is 0 Å². The molecule has 12 aromatic rings. The number of halogens is 1. The molecule has 3 heteroatoms. The Morgan fingerprint density at radius 2 is 0.565 bits per heavy atom. The van der Waals surface area contributed by atoms with Crippen molar-refractivity contribution in [1.82, 2.24) is 0 Å². The van der Waals surface area contributed by atoms with E-state index >= 15 is 0 Å². The van der Waals surface area contributed by atoms with Crippen LogP contribution in [0.3, 0.4) is 0 Å². The largest absolute Gasteiger partial charge is 0.376 e. The highest BCUT2D eigenvalue weighted by molar-refractivity contribution is 9.10. The van der Waals surface area contributed by atoms with E-state index in [-0.39, 0.29) is 5.78 Å². The van der Waals surface area contributed by atoms with Crippen molar-refractivity contribution in [2.45, 2.75) is 5.60 Å². The van der Waals surface area contributed by atoms with Gasteiger partial charge in [0, 0.05) is 32.3 Å². The van der Waals surface area contributed by atoms with Gasteiger partial charge in [0.05, 0.1) is 0 Å². The highest BCUT2D eigenvalue weighted by atomic mass is 79.9. The Hall–Kier alpha value is -8.21. The predicted molar refractivity (Wildman–Crippen MR) is 291 cm³/mol. The van der Waals surface area contributed by atoms with Crippen LogP contribution in [0.2, 0.25) is 0 Å². The summed E-state index contributed by atoms with van der Waals surface area (Å²) in [6, 6.07) is 87.6. The van der Waals surface area contributed by atoms with Crippen molar-refractivity contribution in [2.24, 2.45) is 0 Å². The van der Waals surface area contributed by atoms with Crippen LogP contribution in [-0.4, -0.2) is 10.9 Å². The molecule has 2 aliphatic carbocycles. The molecular weight excluding hydrogens is 905 g/mol. The van der Waals surface area contributed by atoms with E-state index in [1.165, 1.54) is 54.2 Å². The third-order valence-electron chi connectivity index (χ3n) is 13.9. The maximum Gasteiger partial charge on any atom is 0.194 e. The number of carbonyl (C=O) groups excluding carboxylic acids is 1. The van der Waals surface area contributed by atoms with E-state index in [4.69, 9.17) is 0 Å². The lowest BCUT2D eigenvalue weighted by Gasteiger charge is -2.29. The van der Waals surface area contributed by atoms with Gasteiger partial charge < -0.3 is 5.11 Å². The molecule has 0 radical (unpaired) electrons. The molecule has 2 aliphatic rings. The van der Waals surface area contributed by atoms with Gasteiger partial charge in [0.1, 0.15) is 5.60 Å². The van der Waals surface area contributed by atoms with Gasteiger partial charge in [0.15, 0.2) is 5.78 Å². The number of aliphatic hydroxyl groups is 1. The minimum atomic E-state index is -1.23. The topological polar surface area (TPSA) is 37.3 Å². The second-order valence-corrected chi connectivity index (χ2v) is 18.5. The lowest BCUT2D eigenvalue weighted by atomic mass is 9.79. The molecule has 0 saturated carbocycles. The smallest absolute Gasteiger partial charge is 0.194 e. The van der Waals surface area contributed by atoms with Crippen molar-refractivity contribution in [1.29, 1.82) is 0 Å². The van der Waals surface area contributed by atoms with Crippen molar-refractivity contribution < 1.29 is 9.90 Å². The molecular formula is C66H43BrO2. The molecule has 0 aromatic heterocycles. The van der Waals surface area contributed by atoms with Crippen LogP contribution in [0.4, 0.5) is 0 Å². The predicted octanol–water partition coefficient (Wildman–Crippen LogP) is 17.2. The number of hydrogen-bond acceptors (Lipinski definition) is 2. The fourth-order valence-electron chi connectivity index (χ4n) is 10.7. The van der Waals surface area contributed by atoms with Crippen LogP contribution in [0.15, 0.2) is 259 Å². The van der Waals surface area contributed by atoms with Gasteiger partial charge >= 0.3 is 0 Å². The molecule has 0 aliphatic heterocycles. The Bertz CT molecular complexity index is 3880. The van der Waals surface area contributed by atoms with Crippen LogP contribution in [-0.2, 0) is 5.60 Å². The molecule has 0 spiro atoms. The van der Waals surface area contributed by atoms with E-state index in [0.717, 1.165) is 65.7 Å². The Morgan fingerprint density at radius 1 is 0.275 bits per heavy atom. The molecule has 14 rings (SSSR count). The Balaban J connectivity index is 0.000000119. The van der Waals surface area contributed by atoms with E-state index in [0.29, 0.717) is 0 Å². The van der Waals surface area contributed by atoms with Crippen LogP contribution >= 0.6 is 15.9 Å². The third kappa shape index (κ3) is 7.09. The molecule has 1 N–H and O–H groups in total. The minimum absolute atomic E-state index is 0.149. The summed E-state index contributed by atoms with van der Waals surface area (Å²) in [6.45, 7) is 0. The molecule has 12 aromatic carbocycles. The van der Waals surface area contributed by atoms with E-state index in [1.807, 2.05) is 78.9 Å². The number of hydrogen-bond donors (Lipinski definition) is 1. The van der Waals surface area contributed by atoms with Gasteiger partial charge in [-0.1, -0.05) is 253 Å². The highest BCUT2D eigenvalue weighted by Gasteiger charge is 2.44. The molecule has 0 atom stereocenters. The summed E-state index contributed by atoms with van der Waals surface area (Å²) in [7, 11) is 0. The fraction of sp³-hybridized carbons (Fsp3) is 0.0152. The first kappa shape index (κ1) is 42.2. The number of rotatable bonds is 3. The third-order valence-corrected chi connectivity index (χ3v) is 14.6. The monoisotopic (exact) mass is 946 g/mol. The normalized spacial score (nSPS) is 12.6. The molecule has 69 heavy (non-hydrogen) atoms. The quantitative estimate of drug-likeness (QED) is 0.179. The van der Waals surface area contributed by atoms with Crippen molar-refractivity contribution in [3.8, 4) is 44.5 Å². The molecule has 0 fully saturated rings. The van der Waals surface area contributed by atoms with E-state index < -0.39 is 5.60 Å². The zero-order valence-electron chi connectivity index (χ0n) is 37.5. The molecule has 0 saturated heterocycles. The number of benzene rings is 12. The second-order valence-electron chi connectivity index (χ2n) is 17.6. The fourth-order valence-corrected chi connectivity index (χ4v) is 11.2. The average Bonchev–Trinajstić information content (AvgIpc) is 3.86. The van der Waals surface area contributed by atoms with E-state index in [2.05, 4.69) is 192 Å². The lowest BCUT2D eigenvalue weighted by molar-refractivity contribution is 0.104. The second kappa shape index (κ2) is 17.5. The first-order valence-corrected chi connectivity index (χ1v) is 24.1. The maximum atomic E-state index is 12.6. The highest BCUT2D eigenvalue weighted by Crippen LogP contribution is 2.53. The summed E-state index contributed by atoms with van der Waals surface area (Å²) in [5.74, 6) is 0.149. The number of carbonyl (C=O) groups is 1. The van der Waals surface area contributed by atoms with Crippen LogP contribution < -0.4 is 0 Å². The molecule has 326 valence electrons. The first-order valence-electron chi connectivity index (χ1n) is 23.3. The summed E-state index contributed by atoms with van der Waals surface area (Å²) < 4.78 is 1.13. The van der Waals surface area contributed by atoms with Gasteiger partial charge in [0.25, 0.3) is 0 Å².